The first-order valence-electron chi connectivity index (χ1n) is 4.35. The number of aliphatic hydroxyl groups excluding tert-OH is 1. The fraction of sp³-hybridized carbons (Fsp3) is 0.364. The molecule has 1 N–H and O–H groups in total. The number of hydrogen-bond acceptors (Lipinski definition) is 2. The van der Waals surface area contributed by atoms with Gasteiger partial charge in [0.1, 0.15) is 0 Å². The highest BCUT2D eigenvalue weighted by molar-refractivity contribution is 5.99. The van der Waals surface area contributed by atoms with E-state index in [4.69, 9.17) is 0 Å². The van der Waals surface area contributed by atoms with Crippen LogP contribution in [0.2, 0.25) is 0 Å². The lowest BCUT2D eigenvalue weighted by molar-refractivity contribution is -0.115. The van der Waals surface area contributed by atoms with Crippen LogP contribution in [0.1, 0.15) is 19.8 Å². The quantitative estimate of drug-likeness (QED) is 0.669. The van der Waals surface area contributed by atoms with Crippen LogP contribution in [0.4, 0.5) is 0 Å². The maximum Gasteiger partial charge on any atom is 0.162 e. The third-order valence-corrected chi connectivity index (χ3v) is 2.29. The Labute approximate surface area is 78.3 Å². The Morgan fingerprint density at radius 3 is 2.85 bits per heavy atom. The van der Waals surface area contributed by atoms with Crippen LogP contribution in [-0.4, -0.2) is 17.0 Å². The van der Waals surface area contributed by atoms with Gasteiger partial charge in [-0.05, 0) is 18.9 Å². The Bertz CT molecular complexity index is 284. The number of rotatable bonds is 3. The van der Waals surface area contributed by atoms with Crippen molar-refractivity contribution in [3.05, 3.63) is 36.0 Å². The summed E-state index contributed by atoms with van der Waals surface area (Å²) in [6, 6.07) is 0. The van der Waals surface area contributed by atoms with Crippen LogP contribution in [0.25, 0.3) is 0 Å². The first kappa shape index (κ1) is 9.93. The lowest BCUT2D eigenvalue weighted by atomic mass is 10.1. The zero-order valence-electron chi connectivity index (χ0n) is 7.79. The van der Waals surface area contributed by atoms with Gasteiger partial charge in [0, 0.05) is 12.0 Å². The predicted molar refractivity (Wildman–Crippen MR) is 52.3 cm³/mol. The fourth-order valence-corrected chi connectivity index (χ4v) is 1.43. The molecule has 0 fully saturated rings. The van der Waals surface area contributed by atoms with E-state index in [0.717, 1.165) is 11.1 Å². The summed E-state index contributed by atoms with van der Waals surface area (Å²) in [7, 11) is 0. The van der Waals surface area contributed by atoms with Gasteiger partial charge < -0.3 is 5.11 Å². The van der Waals surface area contributed by atoms with Crippen molar-refractivity contribution in [3.8, 4) is 0 Å². The number of carbonyl (C=O) groups is 1. The molecule has 0 bridgehead atoms. The smallest absolute Gasteiger partial charge is 0.162 e. The van der Waals surface area contributed by atoms with Crippen LogP contribution < -0.4 is 0 Å². The summed E-state index contributed by atoms with van der Waals surface area (Å²) in [4.78, 5) is 11.3. The summed E-state index contributed by atoms with van der Waals surface area (Å²) in [5, 5.41) is 9.37. The Hall–Kier alpha value is -1.15. The van der Waals surface area contributed by atoms with E-state index < -0.39 is 6.10 Å². The highest BCUT2D eigenvalue weighted by atomic mass is 16.3. The number of Topliss-reactive ketones (excluding diaryl/α,β-unsaturated/α-hetero) is 1. The highest BCUT2D eigenvalue weighted by Gasteiger charge is 2.26. The minimum Gasteiger partial charge on any atom is -0.388 e. The second kappa shape index (κ2) is 4.19. The number of ketones is 1. The number of aliphatic hydroxyl groups is 1. The van der Waals surface area contributed by atoms with Gasteiger partial charge >= 0.3 is 0 Å². The SMILES string of the molecule is C=C/C=C/CC1=C(C)[C@H](O)CC1=O. The average molecular weight is 178 g/mol. The van der Waals surface area contributed by atoms with Gasteiger partial charge in [-0.2, -0.15) is 0 Å². The Kier molecular flexibility index (Phi) is 3.20. The monoisotopic (exact) mass is 178 g/mol. The molecule has 13 heavy (non-hydrogen) atoms. The molecule has 2 nitrogen and oxygen atoms in total. The van der Waals surface area contributed by atoms with Gasteiger partial charge in [0.25, 0.3) is 0 Å². The van der Waals surface area contributed by atoms with Gasteiger partial charge in [-0.3, -0.25) is 4.79 Å². The van der Waals surface area contributed by atoms with E-state index in [0.29, 0.717) is 6.42 Å². The fourth-order valence-electron chi connectivity index (χ4n) is 1.43. The first-order chi connectivity index (χ1) is 6.16. The van der Waals surface area contributed by atoms with E-state index >= 15 is 0 Å². The van der Waals surface area contributed by atoms with Crippen molar-refractivity contribution in [2.75, 3.05) is 0 Å². The molecule has 1 aliphatic rings. The van der Waals surface area contributed by atoms with Gasteiger partial charge in [0.15, 0.2) is 5.78 Å². The zero-order valence-corrected chi connectivity index (χ0v) is 7.79. The van der Waals surface area contributed by atoms with Crippen LogP contribution >= 0.6 is 0 Å². The van der Waals surface area contributed by atoms with E-state index in [9.17, 15) is 9.90 Å². The minimum atomic E-state index is -0.556. The molecule has 0 amide bonds. The minimum absolute atomic E-state index is 0.0683. The molecule has 0 aliphatic heterocycles. The molecule has 1 aliphatic carbocycles. The van der Waals surface area contributed by atoms with E-state index in [1.165, 1.54) is 0 Å². The first-order valence-corrected chi connectivity index (χ1v) is 4.35. The van der Waals surface area contributed by atoms with Gasteiger partial charge in [-0.15, -0.1) is 0 Å². The second-order valence-corrected chi connectivity index (χ2v) is 3.17. The Morgan fingerprint density at radius 2 is 2.38 bits per heavy atom. The Morgan fingerprint density at radius 1 is 1.69 bits per heavy atom. The summed E-state index contributed by atoms with van der Waals surface area (Å²) < 4.78 is 0. The van der Waals surface area contributed by atoms with Crippen molar-refractivity contribution < 1.29 is 9.90 Å². The molecule has 0 aromatic heterocycles. The van der Waals surface area contributed by atoms with Crippen molar-refractivity contribution in [1.29, 1.82) is 0 Å². The molecule has 1 rings (SSSR count). The zero-order chi connectivity index (χ0) is 9.84. The van der Waals surface area contributed by atoms with Crippen LogP contribution in [0.3, 0.4) is 0 Å². The van der Waals surface area contributed by atoms with Crippen LogP contribution in [0.5, 0.6) is 0 Å². The molecule has 0 aromatic carbocycles. The highest BCUT2D eigenvalue weighted by Crippen LogP contribution is 2.25. The molecule has 1 atom stereocenters. The molecule has 0 unspecified atom stereocenters. The molecular formula is C11H14O2. The molecule has 0 heterocycles. The summed E-state index contributed by atoms with van der Waals surface area (Å²) in [5.41, 5.74) is 1.57. The maximum absolute atomic E-state index is 11.3. The lowest BCUT2D eigenvalue weighted by Crippen LogP contribution is -2.03. The summed E-state index contributed by atoms with van der Waals surface area (Å²) in [5.74, 6) is 0.0683. The van der Waals surface area contributed by atoms with Crippen molar-refractivity contribution in [3.63, 3.8) is 0 Å². The molecule has 0 aromatic rings. The van der Waals surface area contributed by atoms with Crippen molar-refractivity contribution in [1.82, 2.24) is 0 Å². The number of hydrogen-bond donors (Lipinski definition) is 1. The second-order valence-electron chi connectivity index (χ2n) is 3.17. The van der Waals surface area contributed by atoms with Crippen LogP contribution in [0, 0.1) is 0 Å². The molecule has 0 saturated carbocycles. The van der Waals surface area contributed by atoms with Gasteiger partial charge in [-0.1, -0.05) is 24.8 Å². The predicted octanol–water partition coefficient (Wildman–Crippen LogP) is 1.77. The van der Waals surface area contributed by atoms with Crippen LogP contribution in [0.15, 0.2) is 36.0 Å². The van der Waals surface area contributed by atoms with E-state index in [2.05, 4.69) is 6.58 Å². The summed E-state index contributed by atoms with van der Waals surface area (Å²) in [6.07, 6.45) is 5.66. The summed E-state index contributed by atoms with van der Waals surface area (Å²) >= 11 is 0. The van der Waals surface area contributed by atoms with E-state index in [-0.39, 0.29) is 12.2 Å². The maximum atomic E-state index is 11.3. The van der Waals surface area contributed by atoms with Crippen molar-refractivity contribution in [2.24, 2.45) is 0 Å². The molecule has 2 heteroatoms. The number of allylic oxidation sites excluding steroid dienone is 4. The van der Waals surface area contributed by atoms with Crippen LogP contribution in [-0.2, 0) is 4.79 Å². The topological polar surface area (TPSA) is 37.3 Å². The molecular weight excluding hydrogens is 164 g/mol. The third-order valence-electron chi connectivity index (χ3n) is 2.29. The molecule has 0 saturated heterocycles. The molecule has 70 valence electrons. The van der Waals surface area contributed by atoms with Gasteiger partial charge in [-0.25, -0.2) is 0 Å². The van der Waals surface area contributed by atoms with Gasteiger partial charge in [0.2, 0.25) is 0 Å². The largest absolute Gasteiger partial charge is 0.388 e. The third kappa shape index (κ3) is 2.16. The normalized spacial score (nSPS) is 23.2. The van der Waals surface area contributed by atoms with Crippen molar-refractivity contribution >= 4 is 5.78 Å². The Balaban J connectivity index is 2.72. The van der Waals surface area contributed by atoms with E-state index in [1.54, 1.807) is 12.2 Å². The average Bonchev–Trinajstić information content (AvgIpc) is 2.32. The molecule has 0 radical (unpaired) electrons. The molecule has 0 spiro atoms. The van der Waals surface area contributed by atoms with Crippen molar-refractivity contribution in [2.45, 2.75) is 25.9 Å². The van der Waals surface area contributed by atoms with E-state index in [1.807, 2.05) is 13.0 Å². The lowest BCUT2D eigenvalue weighted by Gasteiger charge is -1.99. The number of carbonyl (C=O) groups excluding carboxylic acids is 1. The standard InChI is InChI=1S/C11H14O2/c1-3-4-5-6-9-8(2)10(12)7-11(9)13/h3-5,10,12H,1,6-7H2,2H3/b5-4+/t10-/m1/s1. The van der Waals surface area contributed by atoms with Gasteiger partial charge in [0.05, 0.1) is 6.10 Å². The summed E-state index contributed by atoms with van der Waals surface area (Å²) in [6.45, 7) is 5.35.